The van der Waals surface area contributed by atoms with Gasteiger partial charge in [-0.15, -0.1) is 0 Å². The zero-order chi connectivity index (χ0) is 12.8. The fourth-order valence-electron chi connectivity index (χ4n) is 2.90. The topological polar surface area (TPSA) is 49.5 Å². The third kappa shape index (κ3) is 3.47. The number of nitrogens with two attached hydrogens (primary N) is 1. The summed E-state index contributed by atoms with van der Waals surface area (Å²) in [5.74, 6) is 0. The van der Waals surface area contributed by atoms with E-state index in [2.05, 4.69) is 11.0 Å². The summed E-state index contributed by atoms with van der Waals surface area (Å²) < 4.78 is 0. The zero-order valence-corrected chi connectivity index (χ0v) is 11.0. The van der Waals surface area contributed by atoms with E-state index in [0.29, 0.717) is 6.04 Å². The highest BCUT2D eigenvalue weighted by molar-refractivity contribution is 5.46. The molecule has 18 heavy (non-hydrogen) atoms. The SMILES string of the molecule is Nc1ccccc1CCN(CCO)C1CCCC1. The van der Waals surface area contributed by atoms with Crippen LogP contribution in [0.3, 0.4) is 0 Å². The van der Waals surface area contributed by atoms with Gasteiger partial charge in [-0.3, -0.25) is 4.90 Å². The Morgan fingerprint density at radius 3 is 2.56 bits per heavy atom. The van der Waals surface area contributed by atoms with E-state index in [0.717, 1.165) is 25.2 Å². The van der Waals surface area contributed by atoms with E-state index in [4.69, 9.17) is 5.73 Å². The van der Waals surface area contributed by atoms with Crippen LogP contribution in [0.5, 0.6) is 0 Å². The summed E-state index contributed by atoms with van der Waals surface area (Å²) in [4.78, 5) is 2.43. The maximum absolute atomic E-state index is 9.18. The fraction of sp³-hybridized carbons (Fsp3) is 0.600. The van der Waals surface area contributed by atoms with Crippen LogP contribution in [-0.4, -0.2) is 35.7 Å². The van der Waals surface area contributed by atoms with Gasteiger partial charge >= 0.3 is 0 Å². The molecule has 0 atom stereocenters. The van der Waals surface area contributed by atoms with Crippen LogP contribution in [0.1, 0.15) is 31.2 Å². The molecule has 3 N–H and O–H groups in total. The van der Waals surface area contributed by atoms with E-state index in [1.54, 1.807) is 0 Å². The van der Waals surface area contributed by atoms with E-state index in [-0.39, 0.29) is 6.61 Å². The third-order valence-corrected chi connectivity index (χ3v) is 3.95. The lowest BCUT2D eigenvalue weighted by Gasteiger charge is -2.28. The molecule has 0 aliphatic heterocycles. The van der Waals surface area contributed by atoms with E-state index in [1.165, 1.54) is 31.2 Å². The van der Waals surface area contributed by atoms with Gasteiger partial charge in [-0.1, -0.05) is 31.0 Å². The van der Waals surface area contributed by atoms with Gasteiger partial charge < -0.3 is 10.8 Å². The monoisotopic (exact) mass is 248 g/mol. The predicted octanol–water partition coefficient (Wildman–Crippen LogP) is 2.05. The van der Waals surface area contributed by atoms with Crippen molar-refractivity contribution in [2.24, 2.45) is 0 Å². The lowest BCUT2D eigenvalue weighted by atomic mass is 10.1. The molecule has 0 spiro atoms. The third-order valence-electron chi connectivity index (χ3n) is 3.95. The second-order valence-corrected chi connectivity index (χ2v) is 5.15. The average Bonchev–Trinajstić information content (AvgIpc) is 2.90. The van der Waals surface area contributed by atoms with Crippen molar-refractivity contribution in [3.8, 4) is 0 Å². The Kier molecular flexibility index (Phi) is 5.02. The van der Waals surface area contributed by atoms with Gasteiger partial charge in [0.15, 0.2) is 0 Å². The van der Waals surface area contributed by atoms with Crippen LogP contribution in [0.25, 0.3) is 0 Å². The first kappa shape index (κ1) is 13.4. The molecule has 1 aliphatic rings. The number of aliphatic hydroxyl groups excluding tert-OH is 1. The number of para-hydroxylation sites is 1. The van der Waals surface area contributed by atoms with Gasteiger partial charge in [-0.2, -0.15) is 0 Å². The molecule has 0 heterocycles. The molecule has 0 amide bonds. The molecule has 0 bridgehead atoms. The molecule has 1 saturated carbocycles. The lowest BCUT2D eigenvalue weighted by molar-refractivity contribution is 0.153. The minimum atomic E-state index is 0.251. The largest absolute Gasteiger partial charge is 0.399 e. The summed E-state index contributed by atoms with van der Waals surface area (Å²) in [6.45, 7) is 2.04. The minimum Gasteiger partial charge on any atom is -0.399 e. The van der Waals surface area contributed by atoms with Crippen molar-refractivity contribution < 1.29 is 5.11 Å². The smallest absolute Gasteiger partial charge is 0.0558 e. The molecule has 0 aromatic heterocycles. The van der Waals surface area contributed by atoms with Crippen LogP contribution in [0.2, 0.25) is 0 Å². The minimum absolute atomic E-state index is 0.251. The second kappa shape index (κ2) is 6.76. The Morgan fingerprint density at radius 1 is 1.17 bits per heavy atom. The summed E-state index contributed by atoms with van der Waals surface area (Å²) in [5, 5.41) is 9.18. The fourth-order valence-corrected chi connectivity index (χ4v) is 2.90. The predicted molar refractivity (Wildman–Crippen MR) is 75.5 cm³/mol. The summed E-state index contributed by atoms with van der Waals surface area (Å²) >= 11 is 0. The summed E-state index contributed by atoms with van der Waals surface area (Å²) in [5.41, 5.74) is 8.07. The maximum Gasteiger partial charge on any atom is 0.0558 e. The van der Waals surface area contributed by atoms with Gasteiger partial charge in [0.2, 0.25) is 0 Å². The first-order valence-electron chi connectivity index (χ1n) is 6.99. The van der Waals surface area contributed by atoms with Crippen molar-refractivity contribution in [2.45, 2.75) is 38.1 Å². The summed E-state index contributed by atoms with van der Waals surface area (Å²) in [7, 11) is 0. The Morgan fingerprint density at radius 2 is 1.89 bits per heavy atom. The van der Waals surface area contributed by atoms with E-state index in [1.807, 2.05) is 18.2 Å². The van der Waals surface area contributed by atoms with Crippen molar-refractivity contribution in [1.29, 1.82) is 0 Å². The highest BCUT2D eigenvalue weighted by Crippen LogP contribution is 2.23. The van der Waals surface area contributed by atoms with Gasteiger partial charge in [0.05, 0.1) is 6.61 Å². The van der Waals surface area contributed by atoms with Gasteiger partial charge in [0, 0.05) is 24.8 Å². The Bertz CT molecular complexity index is 361. The highest BCUT2D eigenvalue weighted by Gasteiger charge is 2.21. The summed E-state index contributed by atoms with van der Waals surface area (Å²) in [6.07, 6.45) is 6.21. The molecule has 0 radical (unpaired) electrons. The number of nitrogen functional groups attached to an aromatic ring is 1. The van der Waals surface area contributed by atoms with E-state index < -0.39 is 0 Å². The average molecular weight is 248 g/mol. The quantitative estimate of drug-likeness (QED) is 0.758. The van der Waals surface area contributed by atoms with E-state index >= 15 is 0 Å². The van der Waals surface area contributed by atoms with Gasteiger partial charge in [0.1, 0.15) is 0 Å². The van der Waals surface area contributed by atoms with Crippen LogP contribution in [0.4, 0.5) is 5.69 Å². The van der Waals surface area contributed by atoms with Crippen LogP contribution in [0, 0.1) is 0 Å². The Labute approximate surface area is 110 Å². The number of hydrogen-bond donors (Lipinski definition) is 2. The number of aliphatic hydroxyl groups is 1. The van der Waals surface area contributed by atoms with Crippen molar-refractivity contribution in [3.05, 3.63) is 29.8 Å². The number of benzene rings is 1. The van der Waals surface area contributed by atoms with Gasteiger partial charge in [-0.05, 0) is 30.9 Å². The standard InChI is InChI=1S/C15H24N2O/c16-15-8-4-1-5-13(15)9-10-17(11-12-18)14-6-2-3-7-14/h1,4-5,8,14,18H,2-3,6-7,9-12,16H2. The molecule has 1 aromatic carbocycles. The lowest BCUT2D eigenvalue weighted by Crippen LogP contribution is -2.37. The number of rotatable bonds is 6. The van der Waals surface area contributed by atoms with Crippen LogP contribution >= 0.6 is 0 Å². The molecule has 3 heteroatoms. The second-order valence-electron chi connectivity index (χ2n) is 5.15. The normalized spacial score (nSPS) is 16.6. The van der Waals surface area contributed by atoms with Crippen molar-refractivity contribution in [1.82, 2.24) is 4.90 Å². The van der Waals surface area contributed by atoms with Crippen molar-refractivity contribution >= 4 is 5.69 Å². The maximum atomic E-state index is 9.18. The molecular formula is C15H24N2O. The Hall–Kier alpha value is -1.06. The summed E-state index contributed by atoms with van der Waals surface area (Å²) in [6, 6.07) is 8.74. The van der Waals surface area contributed by atoms with Crippen molar-refractivity contribution in [2.75, 3.05) is 25.4 Å². The Balaban J connectivity index is 1.91. The molecule has 3 nitrogen and oxygen atoms in total. The van der Waals surface area contributed by atoms with Crippen LogP contribution in [0.15, 0.2) is 24.3 Å². The number of anilines is 1. The first-order chi connectivity index (χ1) is 8.81. The molecule has 2 rings (SSSR count). The molecule has 0 saturated heterocycles. The highest BCUT2D eigenvalue weighted by atomic mass is 16.3. The van der Waals surface area contributed by atoms with Gasteiger partial charge in [0.25, 0.3) is 0 Å². The number of nitrogens with zero attached hydrogens (tertiary/aromatic N) is 1. The molecule has 100 valence electrons. The van der Waals surface area contributed by atoms with Crippen LogP contribution < -0.4 is 5.73 Å². The zero-order valence-electron chi connectivity index (χ0n) is 11.0. The first-order valence-corrected chi connectivity index (χ1v) is 6.99. The van der Waals surface area contributed by atoms with Crippen molar-refractivity contribution in [3.63, 3.8) is 0 Å². The molecule has 1 fully saturated rings. The van der Waals surface area contributed by atoms with E-state index in [9.17, 15) is 5.11 Å². The molecule has 1 aromatic rings. The molecular weight excluding hydrogens is 224 g/mol. The molecule has 0 unspecified atom stereocenters. The molecule has 1 aliphatic carbocycles. The van der Waals surface area contributed by atoms with Gasteiger partial charge in [-0.25, -0.2) is 0 Å². The number of hydrogen-bond acceptors (Lipinski definition) is 3. The van der Waals surface area contributed by atoms with Crippen LogP contribution in [-0.2, 0) is 6.42 Å².